The maximum atomic E-state index is 11.9. The molecule has 0 radical (unpaired) electrons. The molecule has 2 rings (SSSR count). The molecule has 0 saturated carbocycles. The zero-order valence-corrected chi connectivity index (χ0v) is 10.0. The van der Waals surface area contributed by atoms with Crippen LogP contribution in [0.3, 0.4) is 0 Å². The van der Waals surface area contributed by atoms with Crippen molar-refractivity contribution in [3.63, 3.8) is 0 Å². The third kappa shape index (κ3) is 2.88. The van der Waals surface area contributed by atoms with Crippen LogP contribution in [0.15, 0.2) is 55.4 Å². The number of allylic oxidation sites excluding steroid dienone is 1. The van der Waals surface area contributed by atoms with Gasteiger partial charge >= 0.3 is 0 Å². The first-order chi connectivity index (χ1) is 8.81. The summed E-state index contributed by atoms with van der Waals surface area (Å²) in [6.45, 7) is 3.62. The molecule has 0 amide bonds. The van der Waals surface area contributed by atoms with Gasteiger partial charge in [0, 0.05) is 24.4 Å². The number of aromatic nitrogens is 2. The molecular weight excluding hydrogens is 224 g/mol. The van der Waals surface area contributed by atoms with Gasteiger partial charge in [-0.15, -0.1) is 6.58 Å². The van der Waals surface area contributed by atoms with Crippen molar-refractivity contribution in [3.05, 3.63) is 60.9 Å². The molecule has 2 heterocycles. The standard InChI is InChI=1S/C15H14N2O/c1-2-3-7-15(18)12-8-10-17-14(11-12)13-6-4-5-9-16-13/h2,4-6,8-11H,1,3,7H2. The van der Waals surface area contributed by atoms with E-state index < -0.39 is 0 Å². The molecule has 0 aliphatic carbocycles. The molecule has 18 heavy (non-hydrogen) atoms. The molecule has 0 aromatic carbocycles. The maximum Gasteiger partial charge on any atom is 0.163 e. The molecule has 2 aromatic rings. The highest BCUT2D eigenvalue weighted by molar-refractivity contribution is 5.96. The van der Waals surface area contributed by atoms with Crippen molar-refractivity contribution in [1.82, 2.24) is 9.97 Å². The third-order valence-electron chi connectivity index (χ3n) is 2.58. The number of carbonyl (C=O) groups is 1. The van der Waals surface area contributed by atoms with Crippen molar-refractivity contribution in [2.75, 3.05) is 0 Å². The predicted octanol–water partition coefficient (Wildman–Crippen LogP) is 3.29. The Morgan fingerprint density at radius 1 is 1.17 bits per heavy atom. The van der Waals surface area contributed by atoms with E-state index in [4.69, 9.17) is 0 Å². The van der Waals surface area contributed by atoms with E-state index in [1.54, 1.807) is 30.6 Å². The summed E-state index contributed by atoms with van der Waals surface area (Å²) in [7, 11) is 0. The molecule has 0 bridgehead atoms. The molecule has 2 aromatic heterocycles. The Labute approximate surface area is 106 Å². The fourth-order valence-electron chi connectivity index (χ4n) is 1.64. The van der Waals surface area contributed by atoms with Gasteiger partial charge in [0.25, 0.3) is 0 Å². The van der Waals surface area contributed by atoms with Crippen LogP contribution in [-0.4, -0.2) is 15.8 Å². The number of carbonyl (C=O) groups excluding carboxylic acids is 1. The van der Waals surface area contributed by atoms with Crippen LogP contribution >= 0.6 is 0 Å². The van der Waals surface area contributed by atoms with Crippen molar-refractivity contribution in [2.45, 2.75) is 12.8 Å². The van der Waals surface area contributed by atoms with Crippen LogP contribution in [0.2, 0.25) is 0 Å². The number of ketones is 1. The Hall–Kier alpha value is -2.29. The SMILES string of the molecule is C=CCCC(=O)c1ccnc(-c2ccccn2)c1. The average Bonchev–Trinajstić information content (AvgIpc) is 2.46. The van der Waals surface area contributed by atoms with E-state index in [0.717, 1.165) is 11.4 Å². The zero-order valence-electron chi connectivity index (χ0n) is 10.0. The lowest BCUT2D eigenvalue weighted by Gasteiger charge is -2.02. The Bertz CT molecular complexity index is 549. The summed E-state index contributed by atoms with van der Waals surface area (Å²) in [5, 5.41) is 0. The zero-order chi connectivity index (χ0) is 12.8. The fraction of sp³-hybridized carbons (Fsp3) is 0.133. The number of rotatable bonds is 5. The first kappa shape index (κ1) is 12.2. The molecule has 0 fully saturated rings. The molecule has 0 atom stereocenters. The Kier molecular flexibility index (Phi) is 3.97. The van der Waals surface area contributed by atoms with Crippen molar-refractivity contribution in [3.8, 4) is 11.4 Å². The predicted molar refractivity (Wildman–Crippen MR) is 71.2 cm³/mol. The molecular formula is C15H14N2O. The highest BCUT2D eigenvalue weighted by Crippen LogP contribution is 2.16. The van der Waals surface area contributed by atoms with Crippen molar-refractivity contribution >= 4 is 5.78 Å². The monoisotopic (exact) mass is 238 g/mol. The summed E-state index contributed by atoms with van der Waals surface area (Å²) in [6.07, 6.45) is 6.28. The minimum atomic E-state index is 0.106. The Morgan fingerprint density at radius 2 is 2.00 bits per heavy atom. The van der Waals surface area contributed by atoms with Crippen LogP contribution in [0.25, 0.3) is 11.4 Å². The minimum Gasteiger partial charge on any atom is -0.294 e. The van der Waals surface area contributed by atoms with Crippen LogP contribution in [0, 0.1) is 0 Å². The highest BCUT2D eigenvalue weighted by Gasteiger charge is 2.07. The fourth-order valence-corrected chi connectivity index (χ4v) is 1.64. The van der Waals surface area contributed by atoms with Crippen LogP contribution < -0.4 is 0 Å². The van der Waals surface area contributed by atoms with E-state index >= 15 is 0 Å². The van der Waals surface area contributed by atoms with Gasteiger partial charge in [0.15, 0.2) is 5.78 Å². The molecule has 0 spiro atoms. The average molecular weight is 238 g/mol. The first-order valence-corrected chi connectivity index (χ1v) is 5.83. The van der Waals surface area contributed by atoms with Crippen LogP contribution in [0.5, 0.6) is 0 Å². The summed E-state index contributed by atoms with van der Waals surface area (Å²) in [6, 6.07) is 9.14. The molecule has 90 valence electrons. The normalized spacial score (nSPS) is 10.0. The quantitative estimate of drug-likeness (QED) is 0.593. The van der Waals surface area contributed by atoms with E-state index in [0.29, 0.717) is 18.4 Å². The number of hydrogen-bond donors (Lipinski definition) is 0. The van der Waals surface area contributed by atoms with Crippen LogP contribution in [-0.2, 0) is 0 Å². The van der Waals surface area contributed by atoms with E-state index in [-0.39, 0.29) is 5.78 Å². The summed E-state index contributed by atoms with van der Waals surface area (Å²) < 4.78 is 0. The molecule has 0 aliphatic rings. The lowest BCUT2D eigenvalue weighted by molar-refractivity contribution is 0.0983. The van der Waals surface area contributed by atoms with Crippen molar-refractivity contribution < 1.29 is 4.79 Å². The van der Waals surface area contributed by atoms with Crippen LogP contribution in [0.4, 0.5) is 0 Å². The van der Waals surface area contributed by atoms with Crippen molar-refractivity contribution in [1.29, 1.82) is 0 Å². The summed E-state index contributed by atoms with van der Waals surface area (Å²) in [5.41, 5.74) is 2.17. The van der Waals surface area contributed by atoms with Gasteiger partial charge < -0.3 is 0 Å². The Morgan fingerprint density at radius 3 is 2.72 bits per heavy atom. The maximum absolute atomic E-state index is 11.9. The first-order valence-electron chi connectivity index (χ1n) is 5.83. The Balaban J connectivity index is 2.25. The van der Waals surface area contributed by atoms with Gasteiger partial charge in [0.1, 0.15) is 0 Å². The second kappa shape index (κ2) is 5.87. The van der Waals surface area contributed by atoms with E-state index in [1.165, 1.54) is 0 Å². The topological polar surface area (TPSA) is 42.9 Å². The number of hydrogen-bond acceptors (Lipinski definition) is 3. The van der Waals surface area contributed by atoms with E-state index in [1.807, 2.05) is 18.2 Å². The number of Topliss-reactive ketones (excluding diaryl/α,β-unsaturated/α-hetero) is 1. The molecule has 0 N–H and O–H groups in total. The minimum absolute atomic E-state index is 0.106. The lowest BCUT2D eigenvalue weighted by atomic mass is 10.1. The third-order valence-corrected chi connectivity index (χ3v) is 2.58. The van der Waals surface area contributed by atoms with E-state index in [2.05, 4.69) is 16.5 Å². The summed E-state index contributed by atoms with van der Waals surface area (Å²) in [4.78, 5) is 20.4. The van der Waals surface area contributed by atoms with Gasteiger partial charge in [0.05, 0.1) is 11.4 Å². The second-order valence-electron chi connectivity index (χ2n) is 3.90. The largest absolute Gasteiger partial charge is 0.294 e. The van der Waals surface area contributed by atoms with Gasteiger partial charge in [-0.05, 0) is 30.7 Å². The van der Waals surface area contributed by atoms with Gasteiger partial charge in [-0.25, -0.2) is 0 Å². The van der Waals surface area contributed by atoms with Crippen LogP contribution in [0.1, 0.15) is 23.2 Å². The van der Waals surface area contributed by atoms with Gasteiger partial charge in [-0.1, -0.05) is 12.1 Å². The number of pyridine rings is 2. The molecule has 3 nitrogen and oxygen atoms in total. The van der Waals surface area contributed by atoms with Gasteiger partial charge in [-0.2, -0.15) is 0 Å². The van der Waals surface area contributed by atoms with Gasteiger partial charge in [0.2, 0.25) is 0 Å². The van der Waals surface area contributed by atoms with Crippen molar-refractivity contribution in [2.24, 2.45) is 0 Å². The molecule has 0 saturated heterocycles. The van der Waals surface area contributed by atoms with E-state index in [9.17, 15) is 4.79 Å². The summed E-state index contributed by atoms with van der Waals surface area (Å²) in [5.74, 6) is 0.106. The lowest BCUT2D eigenvalue weighted by Crippen LogP contribution is -1.99. The highest BCUT2D eigenvalue weighted by atomic mass is 16.1. The molecule has 0 unspecified atom stereocenters. The van der Waals surface area contributed by atoms with Gasteiger partial charge in [-0.3, -0.25) is 14.8 Å². The smallest absolute Gasteiger partial charge is 0.163 e. The molecule has 3 heteroatoms. The number of nitrogens with zero attached hydrogens (tertiary/aromatic N) is 2. The second-order valence-corrected chi connectivity index (χ2v) is 3.90. The summed E-state index contributed by atoms with van der Waals surface area (Å²) >= 11 is 0. The molecule has 0 aliphatic heterocycles.